The van der Waals surface area contributed by atoms with Crippen molar-refractivity contribution in [2.45, 2.75) is 48.4 Å². The summed E-state index contributed by atoms with van der Waals surface area (Å²) in [6, 6.07) is 9.67. The number of pyridine rings is 1. The number of amides is 1. The number of carbonyl (C=O) groups is 1. The number of benzene rings is 1. The van der Waals surface area contributed by atoms with E-state index in [2.05, 4.69) is 20.4 Å². The van der Waals surface area contributed by atoms with Gasteiger partial charge in [0.25, 0.3) is 5.91 Å². The van der Waals surface area contributed by atoms with Gasteiger partial charge in [0.2, 0.25) is 5.88 Å². The van der Waals surface area contributed by atoms with E-state index in [0.717, 1.165) is 12.8 Å². The first kappa shape index (κ1) is 24.6. The van der Waals surface area contributed by atoms with E-state index in [9.17, 15) is 13.2 Å². The molecular weight excluding hydrogens is 504 g/mol. The van der Waals surface area contributed by atoms with E-state index in [0.29, 0.717) is 59.4 Å². The second-order valence-corrected chi connectivity index (χ2v) is 11.9. The smallest absolute Gasteiger partial charge is 0.280 e. The predicted octanol–water partition coefficient (Wildman–Crippen LogP) is 3.56. The third-order valence-electron chi connectivity index (χ3n) is 6.25. The van der Waals surface area contributed by atoms with E-state index in [-0.39, 0.29) is 22.0 Å². The number of sulfone groups is 1. The Morgan fingerprint density at radius 3 is 2.58 bits per heavy atom. The number of methoxy groups -OCH3 is 1. The minimum atomic E-state index is -3.41. The van der Waals surface area contributed by atoms with Gasteiger partial charge in [-0.25, -0.2) is 18.4 Å². The van der Waals surface area contributed by atoms with Gasteiger partial charge in [0.15, 0.2) is 26.8 Å². The van der Waals surface area contributed by atoms with Gasteiger partial charge in [0.05, 0.1) is 30.5 Å². The molecule has 10 nitrogen and oxygen atoms in total. The third-order valence-corrected chi connectivity index (χ3v) is 9.41. The van der Waals surface area contributed by atoms with E-state index < -0.39 is 15.7 Å². The van der Waals surface area contributed by atoms with Crippen LogP contribution in [0, 0.1) is 0 Å². The van der Waals surface area contributed by atoms with Gasteiger partial charge in [-0.3, -0.25) is 10.1 Å². The van der Waals surface area contributed by atoms with Crippen LogP contribution in [0.2, 0.25) is 0 Å². The van der Waals surface area contributed by atoms with Crippen LogP contribution in [0.1, 0.15) is 37.7 Å². The van der Waals surface area contributed by atoms with Crippen LogP contribution in [-0.2, 0) is 24.2 Å². The number of anilines is 1. The Balaban J connectivity index is 1.40. The van der Waals surface area contributed by atoms with Gasteiger partial charge in [-0.2, -0.15) is 0 Å². The average molecular weight is 531 g/mol. The van der Waals surface area contributed by atoms with Crippen LogP contribution in [-0.4, -0.2) is 61.7 Å². The van der Waals surface area contributed by atoms with Gasteiger partial charge in [0.1, 0.15) is 10.3 Å². The van der Waals surface area contributed by atoms with Gasteiger partial charge in [-0.15, -0.1) is 0 Å². The van der Waals surface area contributed by atoms with Crippen molar-refractivity contribution in [3.63, 3.8) is 0 Å². The summed E-state index contributed by atoms with van der Waals surface area (Å²) in [5.74, 6) is -0.0857. The summed E-state index contributed by atoms with van der Waals surface area (Å²) in [5.41, 5.74) is 1.06. The molecule has 0 unspecified atom stereocenters. The van der Waals surface area contributed by atoms with Crippen molar-refractivity contribution >= 4 is 48.3 Å². The Labute approximate surface area is 212 Å². The molecule has 5 rings (SSSR count). The lowest BCUT2D eigenvalue weighted by Crippen LogP contribution is -2.25. The number of nitrogens with one attached hydrogen (secondary N) is 1. The monoisotopic (exact) mass is 530 g/mol. The maximum atomic E-state index is 13.3. The van der Waals surface area contributed by atoms with Gasteiger partial charge in [-0.05, 0) is 31.0 Å². The Kier molecular flexibility index (Phi) is 7.17. The number of oxime groups is 1. The molecule has 0 bridgehead atoms. The second kappa shape index (κ2) is 10.5. The molecule has 1 aromatic carbocycles. The van der Waals surface area contributed by atoms with Crippen LogP contribution < -0.4 is 10.1 Å². The Morgan fingerprint density at radius 1 is 1.11 bits per heavy atom. The number of thiazole rings is 1. The van der Waals surface area contributed by atoms with Crippen LogP contribution in [0.3, 0.4) is 0 Å². The van der Waals surface area contributed by atoms with Crippen molar-refractivity contribution in [2.75, 3.05) is 25.6 Å². The molecule has 1 aliphatic carbocycles. The first-order chi connectivity index (χ1) is 17.4. The lowest BCUT2D eigenvalue weighted by molar-refractivity contribution is -0.110. The number of fused-ring (bicyclic) bond motifs is 1. The van der Waals surface area contributed by atoms with Crippen LogP contribution in [0.15, 0.2) is 46.4 Å². The molecule has 1 saturated carbocycles. The summed E-state index contributed by atoms with van der Waals surface area (Å²) in [4.78, 5) is 28.4. The highest BCUT2D eigenvalue weighted by molar-refractivity contribution is 7.92. The summed E-state index contributed by atoms with van der Waals surface area (Å²) in [6.45, 7) is 0.958. The number of ether oxygens (including phenoxy) is 2. The van der Waals surface area contributed by atoms with Crippen LogP contribution in [0.5, 0.6) is 5.88 Å². The Bertz CT molecular complexity index is 1380. The second-order valence-electron chi connectivity index (χ2n) is 8.66. The lowest BCUT2D eigenvalue weighted by atomic mass is 10.1. The zero-order valence-electron chi connectivity index (χ0n) is 19.7. The summed E-state index contributed by atoms with van der Waals surface area (Å²) < 4.78 is 36.4. The van der Waals surface area contributed by atoms with Crippen LogP contribution >= 0.6 is 11.3 Å². The number of hydrogen-bond acceptors (Lipinski definition) is 10. The maximum absolute atomic E-state index is 13.3. The molecule has 0 spiro atoms. The Hall–Kier alpha value is -3.09. The molecule has 1 N–H and O–H groups in total. The quantitative estimate of drug-likeness (QED) is 0.346. The molecule has 2 aliphatic rings. The fraction of sp³-hybridized carbons (Fsp3) is 0.417. The summed E-state index contributed by atoms with van der Waals surface area (Å²) in [7, 11) is -1.88. The first-order valence-corrected chi connectivity index (χ1v) is 14.1. The van der Waals surface area contributed by atoms with E-state index in [4.69, 9.17) is 14.3 Å². The summed E-state index contributed by atoms with van der Waals surface area (Å²) >= 11 is 1.20. The van der Waals surface area contributed by atoms with E-state index in [1.165, 1.54) is 30.6 Å². The molecule has 12 heteroatoms. The maximum Gasteiger partial charge on any atom is 0.280 e. The highest BCUT2D eigenvalue weighted by Crippen LogP contribution is 2.30. The van der Waals surface area contributed by atoms with Gasteiger partial charge < -0.3 is 14.3 Å². The van der Waals surface area contributed by atoms with E-state index in [1.807, 2.05) is 0 Å². The van der Waals surface area contributed by atoms with Crippen molar-refractivity contribution < 1.29 is 27.5 Å². The number of rotatable bonds is 8. The minimum Gasteiger partial charge on any atom is -0.481 e. The van der Waals surface area contributed by atoms with Gasteiger partial charge in [0, 0.05) is 18.1 Å². The third kappa shape index (κ3) is 5.20. The molecule has 0 radical (unpaired) electrons. The Morgan fingerprint density at radius 2 is 1.89 bits per heavy atom. The molecule has 2 aromatic heterocycles. The average Bonchev–Trinajstić information content (AvgIpc) is 3.66. The number of carbonyl (C=O) groups excluding carboxylic acids is 1. The molecule has 3 aromatic rings. The predicted molar refractivity (Wildman–Crippen MR) is 135 cm³/mol. The molecule has 1 atom stereocenters. The topological polar surface area (TPSA) is 129 Å². The van der Waals surface area contributed by atoms with E-state index in [1.54, 1.807) is 24.3 Å². The number of aromatic nitrogens is 2. The summed E-state index contributed by atoms with van der Waals surface area (Å²) in [5, 5.41) is 6.89. The van der Waals surface area contributed by atoms with Crippen molar-refractivity contribution in [1.29, 1.82) is 0 Å². The molecule has 190 valence electrons. The van der Waals surface area contributed by atoms with Crippen molar-refractivity contribution in [3.8, 4) is 5.88 Å². The molecular formula is C24H26N4O6S2. The van der Waals surface area contributed by atoms with Crippen LogP contribution in [0.4, 0.5) is 5.13 Å². The molecule has 36 heavy (non-hydrogen) atoms. The minimum absolute atomic E-state index is 0.0107. The van der Waals surface area contributed by atoms with Crippen molar-refractivity contribution in [3.05, 3.63) is 42.0 Å². The summed E-state index contributed by atoms with van der Waals surface area (Å²) in [6.07, 6.45) is 3.62. The molecule has 1 saturated heterocycles. The van der Waals surface area contributed by atoms with E-state index >= 15 is 0 Å². The molecule has 3 heterocycles. The van der Waals surface area contributed by atoms with Crippen molar-refractivity contribution in [1.82, 2.24) is 9.97 Å². The number of nitrogens with zero attached hydrogens (tertiary/aromatic N) is 3. The van der Waals surface area contributed by atoms with Crippen molar-refractivity contribution in [2.24, 2.45) is 5.16 Å². The highest BCUT2D eigenvalue weighted by Gasteiger charge is 2.30. The molecule has 1 amide bonds. The largest absolute Gasteiger partial charge is 0.481 e. The standard InChI is InChI=1S/C24H26N4O6S2/c1-32-20-11-10-19-23(26-20)35-24(25-19)27-22(29)21(28-34-16-12-13-33-14-16)15-6-8-18(9-7-15)36(30,31)17-4-2-3-5-17/h6-11,16-17H,2-5,12-14H2,1H3,(H,25,27,29)/b28-21+/t16-/m1/s1. The molecule has 2 fully saturated rings. The zero-order chi connectivity index (χ0) is 25.1. The lowest BCUT2D eigenvalue weighted by Gasteiger charge is -2.12. The van der Waals surface area contributed by atoms with Crippen LogP contribution in [0.25, 0.3) is 10.3 Å². The highest BCUT2D eigenvalue weighted by atomic mass is 32.2. The van der Waals surface area contributed by atoms with Gasteiger partial charge >= 0.3 is 0 Å². The fourth-order valence-electron chi connectivity index (χ4n) is 4.27. The number of hydrogen-bond donors (Lipinski definition) is 1. The zero-order valence-corrected chi connectivity index (χ0v) is 21.3. The fourth-order valence-corrected chi connectivity index (χ4v) is 6.94. The SMILES string of the molecule is COc1ccc2nc(NC(=O)/C(=N/O[C@@H]3CCOC3)c3ccc(S(=O)(=O)C4CCCC4)cc3)sc2n1. The normalized spacial score (nSPS) is 19.0. The molecule has 1 aliphatic heterocycles. The first-order valence-electron chi connectivity index (χ1n) is 11.7. The van der Waals surface area contributed by atoms with Gasteiger partial charge in [-0.1, -0.05) is 41.5 Å².